The Kier molecular flexibility index (Phi) is 8.55. The number of nitrogens with zero attached hydrogens (tertiary/aromatic N) is 3. The van der Waals surface area contributed by atoms with Crippen LogP contribution < -0.4 is 31.1 Å². The fourth-order valence-electron chi connectivity index (χ4n) is 11.2. The molecule has 1 aliphatic carbocycles. The van der Waals surface area contributed by atoms with Gasteiger partial charge in [0, 0.05) is 56.6 Å². The zero-order valence-electron chi connectivity index (χ0n) is 45.7. The third-order valence-electron chi connectivity index (χ3n) is 14.9. The van der Waals surface area contributed by atoms with Crippen LogP contribution in [0.2, 0.25) is 0 Å². The first-order valence-electron chi connectivity index (χ1n) is 26.7. The third-order valence-corrected chi connectivity index (χ3v) is 14.9. The van der Waals surface area contributed by atoms with Gasteiger partial charge in [0.2, 0.25) is 0 Å². The zero-order valence-corrected chi connectivity index (χ0v) is 40.7. The van der Waals surface area contributed by atoms with Gasteiger partial charge in [-0.15, -0.1) is 0 Å². The van der Waals surface area contributed by atoms with E-state index in [4.69, 9.17) is 4.11 Å². The Balaban J connectivity index is 1.14. The molecule has 0 radical (unpaired) electrons. The summed E-state index contributed by atoms with van der Waals surface area (Å²) in [4.78, 5) is 6.70. The van der Waals surface area contributed by atoms with E-state index in [1.54, 1.807) is 0 Å². The monoisotopic (exact) mass is 897 g/mol. The standard InChI is InChI=1S/C65H58BN3/c1-63(2,3)45-28-33-49(34-29-45)68-58-39-30-46(64(4,5)6)40-57(58)66-56-38-36-51(67(47-20-13-10-14-21-47)48-31-26-44(27-32-48)43-18-11-9-12-19-43)42-61(56)69(60-25-17-24-59(68)62(60)66)50-35-37-53-52-22-15-16-23-54(52)65(7,8)55(53)41-50/h9-42H,1-8H3/i10D,13D,14D,20D,21D. The molecule has 3 aliphatic rings. The summed E-state index contributed by atoms with van der Waals surface area (Å²) in [5.74, 6) is 0. The van der Waals surface area contributed by atoms with E-state index in [0.29, 0.717) is 11.4 Å². The van der Waals surface area contributed by atoms with E-state index in [0.717, 1.165) is 50.7 Å². The summed E-state index contributed by atoms with van der Waals surface area (Å²) < 4.78 is 45.2. The third kappa shape index (κ3) is 6.94. The van der Waals surface area contributed by atoms with Gasteiger partial charge in [0.15, 0.2) is 0 Å². The zero-order chi connectivity index (χ0) is 51.7. The largest absolute Gasteiger partial charge is 0.311 e. The molecule has 12 rings (SSSR count). The molecule has 0 unspecified atom stereocenters. The van der Waals surface area contributed by atoms with Gasteiger partial charge in [-0.3, -0.25) is 0 Å². The second-order valence-electron chi connectivity index (χ2n) is 21.5. The van der Waals surface area contributed by atoms with Gasteiger partial charge in [-0.1, -0.05) is 183 Å². The van der Waals surface area contributed by atoms with Crippen molar-refractivity contribution >= 4 is 74.3 Å². The van der Waals surface area contributed by atoms with E-state index in [1.165, 1.54) is 44.3 Å². The summed E-state index contributed by atoms with van der Waals surface area (Å²) in [6.45, 7) is 18.0. The fourth-order valence-corrected chi connectivity index (χ4v) is 11.2. The second-order valence-corrected chi connectivity index (χ2v) is 21.5. The highest BCUT2D eigenvalue weighted by atomic mass is 15.2. The number of rotatable bonds is 6. The highest BCUT2D eigenvalue weighted by Gasteiger charge is 2.45. The number of hydrogen-bond acceptors (Lipinski definition) is 3. The molecule has 2 heterocycles. The van der Waals surface area contributed by atoms with Crippen LogP contribution in [0.5, 0.6) is 0 Å². The molecule has 0 N–H and O–H groups in total. The van der Waals surface area contributed by atoms with Gasteiger partial charge in [-0.05, 0) is 151 Å². The minimum absolute atomic E-state index is 0.00442. The van der Waals surface area contributed by atoms with E-state index < -0.39 is 6.04 Å². The Hall–Kier alpha value is -7.56. The minimum atomic E-state index is -0.432. The molecule has 0 atom stereocenters. The van der Waals surface area contributed by atoms with Crippen LogP contribution in [0, 0.1) is 0 Å². The van der Waals surface area contributed by atoms with Crippen LogP contribution in [0.3, 0.4) is 0 Å². The Labute approximate surface area is 416 Å². The van der Waals surface area contributed by atoms with Crippen LogP contribution in [0.25, 0.3) is 22.3 Å². The first-order chi connectivity index (χ1) is 35.3. The molecular weight excluding hydrogens is 834 g/mol. The number of anilines is 9. The van der Waals surface area contributed by atoms with Crippen LogP contribution in [0.1, 0.15) is 84.5 Å². The second kappa shape index (κ2) is 15.8. The summed E-state index contributed by atoms with van der Waals surface area (Å²) in [5, 5.41) is 0. The van der Waals surface area contributed by atoms with Gasteiger partial charge in [-0.25, -0.2) is 0 Å². The summed E-state index contributed by atoms with van der Waals surface area (Å²) in [5.41, 5.74) is 20.5. The Morgan fingerprint density at radius 1 is 0.449 bits per heavy atom. The predicted octanol–water partition coefficient (Wildman–Crippen LogP) is 15.8. The van der Waals surface area contributed by atoms with Crippen molar-refractivity contribution in [3.8, 4) is 22.3 Å². The van der Waals surface area contributed by atoms with E-state index in [9.17, 15) is 2.74 Å². The van der Waals surface area contributed by atoms with E-state index >= 15 is 0 Å². The lowest BCUT2D eigenvalue weighted by molar-refractivity contribution is 0.590. The summed E-state index contributed by atoms with van der Waals surface area (Å²) in [6.07, 6.45) is 0. The highest BCUT2D eigenvalue weighted by molar-refractivity contribution is 7.00. The van der Waals surface area contributed by atoms with Gasteiger partial charge in [-0.2, -0.15) is 0 Å². The van der Waals surface area contributed by atoms with Crippen molar-refractivity contribution in [2.24, 2.45) is 0 Å². The number of fused-ring (bicyclic) bond motifs is 7. The van der Waals surface area contributed by atoms with Crippen molar-refractivity contribution in [2.45, 2.75) is 71.6 Å². The van der Waals surface area contributed by atoms with Crippen LogP contribution in [0.4, 0.5) is 51.2 Å². The molecule has 69 heavy (non-hydrogen) atoms. The van der Waals surface area contributed by atoms with Gasteiger partial charge in [0.05, 0.1) is 6.85 Å². The van der Waals surface area contributed by atoms with Crippen molar-refractivity contribution in [1.29, 1.82) is 0 Å². The number of benzene rings is 9. The van der Waals surface area contributed by atoms with Crippen LogP contribution in [-0.2, 0) is 16.2 Å². The van der Waals surface area contributed by atoms with Crippen molar-refractivity contribution in [3.63, 3.8) is 0 Å². The summed E-state index contributed by atoms with van der Waals surface area (Å²) in [7, 11) is 0. The van der Waals surface area contributed by atoms with Crippen molar-refractivity contribution in [2.75, 3.05) is 14.7 Å². The van der Waals surface area contributed by atoms with Crippen molar-refractivity contribution < 1.29 is 6.85 Å². The Bertz CT molecular complexity index is 3720. The first-order valence-corrected chi connectivity index (χ1v) is 24.2. The van der Waals surface area contributed by atoms with Gasteiger partial charge in [0.25, 0.3) is 6.71 Å². The normalized spacial score (nSPS) is 15.1. The van der Waals surface area contributed by atoms with E-state index in [1.807, 2.05) is 47.4 Å². The Morgan fingerprint density at radius 3 is 1.77 bits per heavy atom. The maximum atomic E-state index is 9.41. The van der Waals surface area contributed by atoms with Crippen LogP contribution >= 0.6 is 0 Å². The average molecular weight is 897 g/mol. The molecule has 0 fully saturated rings. The van der Waals surface area contributed by atoms with Gasteiger partial charge < -0.3 is 14.7 Å². The van der Waals surface area contributed by atoms with E-state index in [2.05, 4.69) is 199 Å². The summed E-state index contributed by atoms with van der Waals surface area (Å²) >= 11 is 0. The highest BCUT2D eigenvalue weighted by Crippen LogP contribution is 2.52. The molecular formula is C65H58BN3. The lowest BCUT2D eigenvalue weighted by atomic mass is 9.33. The smallest absolute Gasteiger partial charge is 0.252 e. The molecule has 336 valence electrons. The summed E-state index contributed by atoms with van der Waals surface area (Å²) in [6, 6.07) is 61.3. The maximum Gasteiger partial charge on any atom is 0.252 e. The average Bonchev–Trinajstić information content (AvgIpc) is 3.63. The van der Waals surface area contributed by atoms with Gasteiger partial charge >= 0.3 is 0 Å². The predicted molar refractivity (Wildman–Crippen MR) is 296 cm³/mol. The van der Waals surface area contributed by atoms with Crippen molar-refractivity contribution in [1.82, 2.24) is 0 Å². The number of hydrogen-bond donors (Lipinski definition) is 0. The molecule has 9 aromatic rings. The fraction of sp³-hybridized carbons (Fsp3) is 0.169. The quantitative estimate of drug-likeness (QED) is 0.154. The van der Waals surface area contributed by atoms with Crippen molar-refractivity contribution in [3.05, 3.63) is 228 Å². The molecule has 0 spiro atoms. The SMILES string of the molecule is [2H]c1c([2H])c([2H])c(N(c2ccc(-c3ccccc3)cc2)c2ccc3c(c2)N(c2ccc4c(c2)C(C)(C)c2ccccc2-4)c2cccc4c2B3c2cc(C(C)(C)C)ccc2N4c2ccc(C(C)(C)C)cc2)c([2H])c1[2H]. The molecule has 0 saturated carbocycles. The number of para-hydroxylation sites is 1. The molecule has 9 aromatic carbocycles. The van der Waals surface area contributed by atoms with E-state index in [-0.39, 0.29) is 52.8 Å². The Morgan fingerprint density at radius 2 is 1.06 bits per heavy atom. The molecule has 0 aromatic heterocycles. The topological polar surface area (TPSA) is 9.72 Å². The van der Waals surface area contributed by atoms with Crippen LogP contribution in [0.15, 0.2) is 206 Å². The first kappa shape index (κ1) is 37.4. The molecule has 0 bridgehead atoms. The lowest BCUT2D eigenvalue weighted by Gasteiger charge is -2.45. The molecule has 0 amide bonds. The minimum Gasteiger partial charge on any atom is -0.311 e. The molecule has 2 aliphatic heterocycles. The molecule has 4 heteroatoms. The molecule has 3 nitrogen and oxygen atoms in total. The maximum absolute atomic E-state index is 9.41. The molecule has 0 saturated heterocycles. The van der Waals surface area contributed by atoms with Crippen LogP contribution in [-0.4, -0.2) is 6.71 Å². The lowest BCUT2D eigenvalue weighted by Crippen LogP contribution is -2.61. The van der Waals surface area contributed by atoms with Gasteiger partial charge in [0.1, 0.15) is 0 Å².